The summed E-state index contributed by atoms with van der Waals surface area (Å²) in [5, 5.41) is 0. The van der Waals surface area contributed by atoms with Gasteiger partial charge in [0.1, 0.15) is 0 Å². The van der Waals surface area contributed by atoms with Gasteiger partial charge in [-0.05, 0) is 65.5 Å². The summed E-state index contributed by atoms with van der Waals surface area (Å²) in [5.74, 6) is 0. The molecule has 18 heavy (non-hydrogen) atoms. The quantitative estimate of drug-likeness (QED) is 0.521. The normalized spacial score (nSPS) is 11.0. The van der Waals surface area contributed by atoms with Gasteiger partial charge in [-0.25, -0.2) is 0 Å². The summed E-state index contributed by atoms with van der Waals surface area (Å²) < 4.78 is 3.95. The van der Waals surface area contributed by atoms with Gasteiger partial charge in [0.2, 0.25) is 0 Å². The van der Waals surface area contributed by atoms with Gasteiger partial charge in [-0.15, -0.1) is 0 Å². The number of rotatable bonds is 1. The molecule has 5 heteroatoms. The number of pyridine rings is 1. The Morgan fingerprint density at radius 2 is 2.17 bits per heavy atom. The number of benzene rings is 1. The number of hydrogen-bond acceptors (Lipinski definition) is 2. The van der Waals surface area contributed by atoms with Gasteiger partial charge in [0, 0.05) is 9.77 Å². The van der Waals surface area contributed by atoms with Crippen molar-refractivity contribution in [3.05, 3.63) is 50.6 Å². The van der Waals surface area contributed by atoms with Gasteiger partial charge in [0.15, 0.2) is 4.77 Å². The predicted molar refractivity (Wildman–Crippen MR) is 83.7 cm³/mol. The summed E-state index contributed by atoms with van der Waals surface area (Å²) in [6.07, 6.45) is 3.58. The molecule has 0 aliphatic heterocycles. The Morgan fingerprint density at radius 1 is 1.33 bits per heavy atom. The number of aromatic nitrogens is 3. The second kappa shape index (κ2) is 4.47. The highest BCUT2D eigenvalue weighted by atomic mass is 127. The minimum atomic E-state index is 0.697. The number of nitrogens with one attached hydrogen (secondary N) is 1. The SMILES string of the molecule is Cc1ccc(I)cc1-n1c(=S)[nH]c2cnccc21. The smallest absolute Gasteiger partial charge is 0.182 e. The molecule has 0 bridgehead atoms. The highest BCUT2D eigenvalue weighted by molar-refractivity contribution is 14.1. The molecule has 0 fully saturated rings. The molecule has 1 aromatic carbocycles. The van der Waals surface area contributed by atoms with E-state index in [2.05, 4.69) is 62.2 Å². The van der Waals surface area contributed by atoms with Gasteiger partial charge < -0.3 is 4.98 Å². The van der Waals surface area contributed by atoms with Crippen LogP contribution >= 0.6 is 34.8 Å². The van der Waals surface area contributed by atoms with Crippen LogP contribution in [0, 0.1) is 15.3 Å². The highest BCUT2D eigenvalue weighted by Gasteiger charge is 2.08. The zero-order chi connectivity index (χ0) is 12.7. The molecule has 3 rings (SSSR count). The number of imidazole rings is 1. The number of halogens is 1. The summed E-state index contributed by atoms with van der Waals surface area (Å²) in [4.78, 5) is 7.29. The lowest BCUT2D eigenvalue weighted by molar-refractivity contribution is 1.05. The highest BCUT2D eigenvalue weighted by Crippen LogP contribution is 2.23. The van der Waals surface area contributed by atoms with Crippen LogP contribution in [0.1, 0.15) is 5.56 Å². The summed E-state index contributed by atoms with van der Waals surface area (Å²) in [7, 11) is 0. The summed E-state index contributed by atoms with van der Waals surface area (Å²) in [6.45, 7) is 2.09. The topological polar surface area (TPSA) is 33.6 Å². The predicted octanol–water partition coefficient (Wildman–Crippen LogP) is 4.00. The number of fused-ring (bicyclic) bond motifs is 1. The maximum atomic E-state index is 5.42. The minimum absolute atomic E-state index is 0.697. The maximum Gasteiger partial charge on any atom is 0.182 e. The lowest BCUT2D eigenvalue weighted by Crippen LogP contribution is -1.97. The lowest BCUT2D eigenvalue weighted by Gasteiger charge is -2.08. The van der Waals surface area contributed by atoms with Crippen LogP contribution < -0.4 is 0 Å². The van der Waals surface area contributed by atoms with Crippen LogP contribution in [-0.2, 0) is 0 Å². The molecule has 3 aromatic rings. The Kier molecular flexibility index (Phi) is 2.95. The van der Waals surface area contributed by atoms with Gasteiger partial charge in [0.25, 0.3) is 0 Å². The van der Waals surface area contributed by atoms with Crippen molar-refractivity contribution in [2.45, 2.75) is 6.92 Å². The van der Waals surface area contributed by atoms with Crippen molar-refractivity contribution in [1.29, 1.82) is 0 Å². The average Bonchev–Trinajstić information content (AvgIpc) is 2.68. The van der Waals surface area contributed by atoms with E-state index in [0.717, 1.165) is 16.7 Å². The van der Waals surface area contributed by atoms with Crippen LogP contribution in [0.25, 0.3) is 16.7 Å². The van der Waals surface area contributed by atoms with Crippen LogP contribution in [0.3, 0.4) is 0 Å². The first-order chi connectivity index (χ1) is 8.66. The molecule has 2 heterocycles. The van der Waals surface area contributed by atoms with Crippen molar-refractivity contribution in [3.8, 4) is 5.69 Å². The minimum Gasteiger partial charge on any atom is -0.329 e. The van der Waals surface area contributed by atoms with Gasteiger partial charge in [-0.3, -0.25) is 9.55 Å². The van der Waals surface area contributed by atoms with E-state index in [0.29, 0.717) is 4.77 Å². The molecule has 0 spiro atoms. The van der Waals surface area contributed by atoms with Crippen molar-refractivity contribution in [2.75, 3.05) is 0 Å². The van der Waals surface area contributed by atoms with Crippen LogP contribution in [0.4, 0.5) is 0 Å². The average molecular weight is 367 g/mol. The lowest BCUT2D eigenvalue weighted by atomic mass is 10.2. The molecule has 0 aliphatic rings. The molecular formula is C13H10IN3S. The second-order valence-electron chi connectivity index (χ2n) is 4.09. The third-order valence-corrected chi connectivity index (χ3v) is 3.85. The number of H-pyrrole nitrogens is 1. The van der Waals surface area contributed by atoms with Crippen LogP contribution in [0.15, 0.2) is 36.7 Å². The largest absolute Gasteiger partial charge is 0.329 e. The van der Waals surface area contributed by atoms with Gasteiger partial charge in [0.05, 0.1) is 22.9 Å². The van der Waals surface area contributed by atoms with Crippen molar-refractivity contribution in [3.63, 3.8) is 0 Å². The van der Waals surface area contributed by atoms with Crippen molar-refractivity contribution < 1.29 is 0 Å². The first-order valence-corrected chi connectivity index (χ1v) is 6.97. The third kappa shape index (κ3) is 1.87. The van der Waals surface area contributed by atoms with Crippen molar-refractivity contribution in [2.24, 2.45) is 0 Å². The number of aromatic amines is 1. The molecule has 0 saturated carbocycles. The molecule has 1 N–H and O–H groups in total. The van der Waals surface area contributed by atoms with Crippen LogP contribution in [0.5, 0.6) is 0 Å². The fourth-order valence-electron chi connectivity index (χ4n) is 2.02. The zero-order valence-corrected chi connectivity index (χ0v) is 12.6. The van der Waals surface area contributed by atoms with E-state index >= 15 is 0 Å². The van der Waals surface area contributed by atoms with Gasteiger partial charge in [-0.2, -0.15) is 0 Å². The summed E-state index contributed by atoms with van der Waals surface area (Å²) >= 11 is 7.73. The molecule has 3 nitrogen and oxygen atoms in total. The monoisotopic (exact) mass is 367 g/mol. The van der Waals surface area contributed by atoms with E-state index in [1.54, 1.807) is 12.4 Å². The van der Waals surface area contributed by atoms with E-state index in [-0.39, 0.29) is 0 Å². The van der Waals surface area contributed by atoms with E-state index < -0.39 is 0 Å². The van der Waals surface area contributed by atoms with Gasteiger partial charge >= 0.3 is 0 Å². The van der Waals surface area contributed by atoms with Gasteiger partial charge in [-0.1, -0.05) is 6.07 Å². The second-order valence-corrected chi connectivity index (χ2v) is 5.72. The molecular weight excluding hydrogens is 357 g/mol. The fraction of sp³-hybridized carbons (Fsp3) is 0.0769. The Balaban J connectivity index is 2.41. The molecule has 0 unspecified atom stereocenters. The van der Waals surface area contributed by atoms with Crippen molar-refractivity contribution in [1.82, 2.24) is 14.5 Å². The van der Waals surface area contributed by atoms with Crippen molar-refractivity contribution >= 4 is 45.8 Å². The van der Waals surface area contributed by atoms with E-state index in [1.807, 2.05) is 6.07 Å². The molecule has 90 valence electrons. The third-order valence-electron chi connectivity index (χ3n) is 2.90. The summed E-state index contributed by atoms with van der Waals surface area (Å²) in [6, 6.07) is 8.32. The maximum absolute atomic E-state index is 5.42. The number of hydrogen-bond donors (Lipinski definition) is 1. The molecule has 2 aromatic heterocycles. The Labute approximate surface area is 123 Å². The zero-order valence-electron chi connectivity index (χ0n) is 9.64. The molecule has 0 atom stereocenters. The van der Waals surface area contributed by atoms with E-state index in [1.165, 1.54) is 9.13 Å². The van der Waals surface area contributed by atoms with Crippen LogP contribution in [-0.4, -0.2) is 14.5 Å². The first kappa shape index (κ1) is 11.9. The standard InChI is InChI=1S/C13H10IN3S/c1-8-2-3-9(14)6-12(8)17-11-4-5-15-7-10(11)16-13(17)18/h2-7H,1H3,(H,16,18). The van der Waals surface area contributed by atoms with E-state index in [4.69, 9.17) is 12.2 Å². The fourth-order valence-corrected chi connectivity index (χ4v) is 2.80. The molecule has 0 saturated heterocycles. The first-order valence-electron chi connectivity index (χ1n) is 5.48. The van der Waals surface area contributed by atoms with Crippen LogP contribution in [0.2, 0.25) is 0 Å². The van der Waals surface area contributed by atoms with E-state index in [9.17, 15) is 0 Å². The Hall–Kier alpha value is -1.21. The Morgan fingerprint density at radius 3 is 3.00 bits per heavy atom. The Bertz CT molecular complexity index is 788. The molecule has 0 aliphatic carbocycles. The molecule has 0 amide bonds. The number of aryl methyl sites for hydroxylation is 1. The summed E-state index contributed by atoms with van der Waals surface area (Å²) in [5.41, 5.74) is 4.33. The molecule has 0 radical (unpaired) electrons. The number of nitrogens with zero attached hydrogens (tertiary/aromatic N) is 2.